The molecular weight excluding hydrogens is 224 g/mol. The van der Waals surface area contributed by atoms with Crippen molar-refractivity contribution < 1.29 is 9.59 Å². The number of unbranched alkanes of at least 4 members (excludes halogenated alkanes) is 3. The minimum atomic E-state index is -0.0675. The zero-order valence-corrected chi connectivity index (χ0v) is 10.7. The van der Waals surface area contributed by atoms with E-state index in [0.717, 1.165) is 18.4 Å². The highest BCUT2D eigenvalue weighted by molar-refractivity contribution is 6.22. The fourth-order valence-corrected chi connectivity index (χ4v) is 2.25. The Kier molecular flexibility index (Phi) is 4.08. The van der Waals surface area contributed by atoms with E-state index < -0.39 is 0 Å². The summed E-state index contributed by atoms with van der Waals surface area (Å²) in [7, 11) is 0. The number of hydrogen-bond donors (Lipinski definition) is 0. The average Bonchev–Trinajstić information content (AvgIpc) is 2.39. The molecule has 2 heteroatoms. The highest BCUT2D eigenvalue weighted by atomic mass is 16.1. The molecule has 1 aromatic rings. The van der Waals surface area contributed by atoms with Gasteiger partial charge in [-0.2, -0.15) is 0 Å². The van der Waals surface area contributed by atoms with Gasteiger partial charge in [-0.25, -0.2) is 0 Å². The molecule has 94 valence electrons. The molecule has 0 heterocycles. The van der Waals surface area contributed by atoms with Crippen LogP contribution in [0.5, 0.6) is 0 Å². The predicted molar refractivity (Wildman–Crippen MR) is 72.1 cm³/mol. The van der Waals surface area contributed by atoms with Gasteiger partial charge in [0.2, 0.25) is 0 Å². The monoisotopic (exact) mass is 242 g/mol. The molecule has 1 aliphatic carbocycles. The van der Waals surface area contributed by atoms with Gasteiger partial charge < -0.3 is 0 Å². The van der Waals surface area contributed by atoms with Gasteiger partial charge in [-0.15, -0.1) is 0 Å². The fourth-order valence-electron chi connectivity index (χ4n) is 2.25. The molecular formula is C16H18O2. The number of carbonyl (C=O) groups excluding carboxylic acids is 2. The molecule has 0 N–H and O–H groups in total. The maximum atomic E-state index is 11.7. The second-order valence-corrected chi connectivity index (χ2v) is 4.75. The first kappa shape index (κ1) is 12.7. The molecule has 0 atom stereocenters. The van der Waals surface area contributed by atoms with Crippen molar-refractivity contribution in [3.05, 3.63) is 47.0 Å². The number of hydrogen-bond acceptors (Lipinski definition) is 2. The van der Waals surface area contributed by atoms with Crippen LogP contribution in [0.15, 0.2) is 30.4 Å². The van der Waals surface area contributed by atoms with Crippen LogP contribution in [0.3, 0.4) is 0 Å². The van der Waals surface area contributed by atoms with Gasteiger partial charge in [0.25, 0.3) is 0 Å². The Balaban J connectivity index is 2.10. The molecule has 1 aromatic carbocycles. The number of benzene rings is 1. The lowest BCUT2D eigenvalue weighted by Crippen LogP contribution is -2.11. The number of aryl methyl sites for hydroxylation is 1. The zero-order valence-electron chi connectivity index (χ0n) is 10.7. The van der Waals surface area contributed by atoms with E-state index in [1.54, 1.807) is 6.07 Å². The highest BCUT2D eigenvalue weighted by Crippen LogP contribution is 2.19. The molecule has 0 aromatic heterocycles. The van der Waals surface area contributed by atoms with Gasteiger partial charge in [-0.1, -0.05) is 38.3 Å². The van der Waals surface area contributed by atoms with E-state index in [1.807, 2.05) is 12.1 Å². The molecule has 2 rings (SSSR count). The smallest absolute Gasteiger partial charge is 0.186 e. The molecule has 0 bridgehead atoms. The van der Waals surface area contributed by atoms with Crippen molar-refractivity contribution in [1.82, 2.24) is 0 Å². The quantitative estimate of drug-likeness (QED) is 0.737. The summed E-state index contributed by atoms with van der Waals surface area (Å²) in [5.74, 6) is -0.123. The lowest BCUT2D eigenvalue weighted by molar-refractivity contribution is 0.0994. The largest absolute Gasteiger partial charge is 0.289 e. The molecule has 0 fully saturated rings. The van der Waals surface area contributed by atoms with Crippen LogP contribution < -0.4 is 0 Å². The summed E-state index contributed by atoms with van der Waals surface area (Å²) in [6.45, 7) is 2.19. The molecule has 0 spiro atoms. The van der Waals surface area contributed by atoms with Crippen LogP contribution >= 0.6 is 0 Å². The molecule has 18 heavy (non-hydrogen) atoms. The van der Waals surface area contributed by atoms with E-state index in [2.05, 4.69) is 6.92 Å². The first-order valence-corrected chi connectivity index (χ1v) is 6.62. The van der Waals surface area contributed by atoms with Crippen LogP contribution in [0.1, 0.15) is 58.9 Å². The molecule has 0 unspecified atom stereocenters. The lowest BCUT2D eigenvalue weighted by atomic mass is 9.92. The van der Waals surface area contributed by atoms with E-state index in [4.69, 9.17) is 0 Å². The molecule has 0 saturated heterocycles. The first-order valence-electron chi connectivity index (χ1n) is 6.62. The topological polar surface area (TPSA) is 34.1 Å². The van der Waals surface area contributed by atoms with Gasteiger partial charge in [-0.05, 0) is 36.6 Å². The third kappa shape index (κ3) is 2.76. The van der Waals surface area contributed by atoms with Gasteiger partial charge in [0.1, 0.15) is 0 Å². The lowest BCUT2D eigenvalue weighted by Gasteiger charge is -2.10. The Morgan fingerprint density at radius 2 is 1.61 bits per heavy atom. The van der Waals surface area contributed by atoms with Gasteiger partial charge in [-0.3, -0.25) is 9.59 Å². The number of carbonyl (C=O) groups is 2. The molecule has 1 aliphatic rings. The maximum Gasteiger partial charge on any atom is 0.186 e. The standard InChI is InChI=1S/C16H18O2/c1-2-3-4-5-6-12-7-8-13-14(11-12)16(18)10-9-15(13)17/h7-11H,2-6H2,1H3. The minimum Gasteiger partial charge on any atom is -0.289 e. The predicted octanol–water partition coefficient (Wildman–Crippen LogP) is 3.74. The van der Waals surface area contributed by atoms with Crippen molar-refractivity contribution in [1.29, 1.82) is 0 Å². The van der Waals surface area contributed by atoms with Gasteiger partial charge in [0.05, 0.1) is 0 Å². The second-order valence-electron chi connectivity index (χ2n) is 4.75. The van der Waals surface area contributed by atoms with Crippen LogP contribution in [0.4, 0.5) is 0 Å². The maximum absolute atomic E-state index is 11.7. The minimum absolute atomic E-state index is 0.0555. The number of fused-ring (bicyclic) bond motifs is 1. The van der Waals surface area contributed by atoms with E-state index in [0.29, 0.717) is 11.1 Å². The summed E-state index contributed by atoms with van der Waals surface area (Å²) >= 11 is 0. The van der Waals surface area contributed by atoms with E-state index in [1.165, 1.54) is 31.4 Å². The Labute approximate surface area is 108 Å². The van der Waals surface area contributed by atoms with Crippen LogP contribution in [0, 0.1) is 0 Å². The van der Waals surface area contributed by atoms with Crippen LogP contribution in [0.2, 0.25) is 0 Å². The van der Waals surface area contributed by atoms with Gasteiger partial charge in [0, 0.05) is 11.1 Å². The molecule has 0 saturated carbocycles. The van der Waals surface area contributed by atoms with Gasteiger partial charge in [0.15, 0.2) is 11.6 Å². The fraction of sp³-hybridized carbons (Fsp3) is 0.375. The van der Waals surface area contributed by atoms with Crippen molar-refractivity contribution in [2.45, 2.75) is 39.0 Å². The van der Waals surface area contributed by atoms with Gasteiger partial charge >= 0.3 is 0 Å². The van der Waals surface area contributed by atoms with E-state index in [-0.39, 0.29) is 11.6 Å². The van der Waals surface area contributed by atoms with Crippen LogP contribution in [-0.4, -0.2) is 11.6 Å². The van der Waals surface area contributed by atoms with E-state index in [9.17, 15) is 9.59 Å². The summed E-state index contributed by atoms with van der Waals surface area (Å²) in [6, 6.07) is 5.63. The summed E-state index contributed by atoms with van der Waals surface area (Å²) < 4.78 is 0. The van der Waals surface area contributed by atoms with E-state index >= 15 is 0 Å². The molecule has 0 aliphatic heterocycles. The second kappa shape index (κ2) is 5.76. The zero-order chi connectivity index (χ0) is 13.0. The third-order valence-electron chi connectivity index (χ3n) is 3.32. The molecule has 2 nitrogen and oxygen atoms in total. The molecule has 0 radical (unpaired) electrons. The van der Waals surface area contributed by atoms with Crippen LogP contribution in [-0.2, 0) is 6.42 Å². The third-order valence-corrected chi connectivity index (χ3v) is 3.32. The van der Waals surface area contributed by atoms with Crippen molar-refractivity contribution in [2.75, 3.05) is 0 Å². The average molecular weight is 242 g/mol. The first-order chi connectivity index (χ1) is 8.72. The number of rotatable bonds is 5. The normalized spacial score (nSPS) is 13.8. The summed E-state index contributed by atoms with van der Waals surface area (Å²) in [5, 5.41) is 0. The Morgan fingerprint density at radius 1 is 0.889 bits per heavy atom. The Bertz CT molecular complexity index is 498. The Hall–Kier alpha value is -1.70. The number of ketones is 2. The van der Waals surface area contributed by atoms with Crippen molar-refractivity contribution >= 4 is 11.6 Å². The summed E-state index contributed by atoms with van der Waals surface area (Å²) in [5.41, 5.74) is 2.26. The number of allylic oxidation sites excluding steroid dienone is 2. The van der Waals surface area contributed by atoms with Crippen molar-refractivity contribution in [3.8, 4) is 0 Å². The summed E-state index contributed by atoms with van der Waals surface area (Å²) in [4.78, 5) is 23.3. The Morgan fingerprint density at radius 3 is 2.33 bits per heavy atom. The summed E-state index contributed by atoms with van der Waals surface area (Å²) in [6.07, 6.45) is 8.55. The van der Waals surface area contributed by atoms with Crippen LogP contribution in [0.25, 0.3) is 0 Å². The highest BCUT2D eigenvalue weighted by Gasteiger charge is 2.18. The SMILES string of the molecule is CCCCCCc1ccc2c(c1)C(=O)C=CC2=O. The molecule has 0 amide bonds. The van der Waals surface area contributed by atoms with Crippen molar-refractivity contribution in [3.63, 3.8) is 0 Å². The van der Waals surface area contributed by atoms with Crippen molar-refractivity contribution in [2.24, 2.45) is 0 Å².